The van der Waals surface area contributed by atoms with Gasteiger partial charge in [-0.15, -0.1) is 0 Å². The molecule has 0 aliphatic heterocycles. The monoisotopic (exact) mass is 736 g/mol. The second kappa shape index (κ2) is 13.6. The van der Waals surface area contributed by atoms with Crippen molar-refractivity contribution in [2.24, 2.45) is 0 Å². The summed E-state index contributed by atoms with van der Waals surface area (Å²) in [5, 5.41) is 44.9. The number of benzene rings is 8. The first kappa shape index (κ1) is 33.9. The number of aromatic nitrogens is 2. The van der Waals surface area contributed by atoms with Crippen LogP contribution in [-0.4, -0.2) is 9.13 Å². The number of nitriles is 4. The first-order valence-corrected chi connectivity index (χ1v) is 18.7. The Morgan fingerprint density at radius 3 is 0.828 bits per heavy atom. The standard InChI is InChI=1S/C52H28N6/c53-29-39-13-7-14-40(30-54)51(39)57-47-21-17-35(33-9-3-1-4-10-33)25-43(47)45-27-37(19-23-49(45)57)38-20-24-50-46(28-38)44-26-36(34-11-5-2-6-12-34)18-22-48(44)58(50)52-41(31-55)15-8-16-42(52)32-56/h1-28H. The molecule has 0 aliphatic carbocycles. The third-order valence-corrected chi connectivity index (χ3v) is 11.1. The number of rotatable bonds is 5. The average Bonchev–Trinajstić information content (AvgIpc) is 3.79. The van der Waals surface area contributed by atoms with E-state index in [1.54, 1.807) is 36.4 Å². The van der Waals surface area contributed by atoms with E-state index in [2.05, 4.69) is 121 Å². The van der Waals surface area contributed by atoms with Crippen LogP contribution in [0.5, 0.6) is 0 Å². The van der Waals surface area contributed by atoms with E-state index in [-0.39, 0.29) is 0 Å². The molecule has 0 radical (unpaired) electrons. The molecular formula is C52H28N6. The summed E-state index contributed by atoms with van der Waals surface area (Å²) < 4.78 is 4.09. The van der Waals surface area contributed by atoms with Crippen LogP contribution < -0.4 is 0 Å². The third kappa shape index (κ3) is 5.23. The fourth-order valence-electron chi connectivity index (χ4n) is 8.44. The summed E-state index contributed by atoms with van der Waals surface area (Å²) in [5.41, 5.74) is 12.6. The molecule has 0 amide bonds. The Bertz CT molecular complexity index is 3190. The lowest BCUT2D eigenvalue weighted by Gasteiger charge is -2.12. The summed E-state index contributed by atoms with van der Waals surface area (Å²) in [6, 6.07) is 65.7. The molecule has 0 saturated carbocycles. The van der Waals surface area contributed by atoms with Crippen molar-refractivity contribution in [3.8, 4) is 69.0 Å². The minimum absolute atomic E-state index is 0.420. The highest BCUT2D eigenvalue weighted by Gasteiger charge is 2.22. The lowest BCUT2D eigenvalue weighted by molar-refractivity contribution is 1.15. The average molecular weight is 737 g/mol. The van der Waals surface area contributed by atoms with Gasteiger partial charge in [0.1, 0.15) is 24.3 Å². The Kier molecular flexibility index (Phi) is 7.92. The van der Waals surface area contributed by atoms with Gasteiger partial charge in [0, 0.05) is 21.5 Å². The Labute approximate surface area is 333 Å². The molecule has 2 aromatic heterocycles. The van der Waals surface area contributed by atoms with E-state index in [1.165, 1.54) is 0 Å². The molecule has 0 unspecified atom stereocenters. The second-order valence-corrected chi connectivity index (χ2v) is 14.2. The maximum Gasteiger partial charge on any atom is 0.101 e. The quantitative estimate of drug-likeness (QED) is 0.175. The molecule has 0 atom stereocenters. The van der Waals surface area contributed by atoms with Gasteiger partial charge >= 0.3 is 0 Å². The molecule has 10 aromatic rings. The summed E-state index contributed by atoms with van der Waals surface area (Å²) in [5.74, 6) is 0. The van der Waals surface area contributed by atoms with E-state index >= 15 is 0 Å². The second-order valence-electron chi connectivity index (χ2n) is 14.2. The molecule has 0 spiro atoms. The van der Waals surface area contributed by atoms with Crippen molar-refractivity contribution < 1.29 is 0 Å². The van der Waals surface area contributed by atoms with E-state index in [9.17, 15) is 21.0 Å². The van der Waals surface area contributed by atoms with Crippen molar-refractivity contribution in [2.75, 3.05) is 0 Å². The summed E-state index contributed by atoms with van der Waals surface area (Å²) in [6.45, 7) is 0. The zero-order chi connectivity index (χ0) is 39.3. The Hall–Kier alpha value is -8.68. The van der Waals surface area contributed by atoms with Crippen LogP contribution in [-0.2, 0) is 0 Å². The number of hydrogen-bond acceptors (Lipinski definition) is 4. The van der Waals surface area contributed by atoms with Crippen LogP contribution in [0, 0.1) is 45.3 Å². The molecule has 0 aliphatic rings. The van der Waals surface area contributed by atoms with E-state index < -0.39 is 0 Å². The maximum atomic E-state index is 10.2. The molecule has 0 N–H and O–H groups in total. The molecule has 266 valence electrons. The van der Waals surface area contributed by atoms with Crippen molar-refractivity contribution in [3.05, 3.63) is 192 Å². The highest BCUT2D eigenvalue weighted by Crippen LogP contribution is 2.41. The van der Waals surface area contributed by atoms with E-state index in [0.717, 1.165) is 77.0 Å². The van der Waals surface area contributed by atoms with Gasteiger partial charge in [0.15, 0.2) is 0 Å². The number of fused-ring (bicyclic) bond motifs is 6. The number of para-hydroxylation sites is 2. The number of nitrogens with zero attached hydrogens (tertiary/aromatic N) is 6. The van der Waals surface area contributed by atoms with Crippen molar-refractivity contribution in [1.29, 1.82) is 21.0 Å². The van der Waals surface area contributed by atoms with Crippen LogP contribution in [0.4, 0.5) is 0 Å². The van der Waals surface area contributed by atoms with Gasteiger partial charge in [0.25, 0.3) is 0 Å². The van der Waals surface area contributed by atoms with Crippen LogP contribution in [0.3, 0.4) is 0 Å². The molecule has 8 aromatic carbocycles. The lowest BCUT2D eigenvalue weighted by atomic mass is 9.98. The zero-order valence-corrected chi connectivity index (χ0v) is 30.8. The fraction of sp³-hybridized carbons (Fsp3) is 0. The Morgan fingerprint density at radius 2 is 0.552 bits per heavy atom. The normalized spacial score (nSPS) is 11.0. The van der Waals surface area contributed by atoms with Gasteiger partial charge in [-0.25, -0.2) is 0 Å². The smallest absolute Gasteiger partial charge is 0.101 e. The van der Waals surface area contributed by atoms with Crippen molar-refractivity contribution >= 4 is 43.6 Å². The molecule has 58 heavy (non-hydrogen) atoms. The molecular weight excluding hydrogens is 709 g/mol. The predicted molar refractivity (Wildman–Crippen MR) is 230 cm³/mol. The molecule has 0 bridgehead atoms. The molecule has 0 saturated heterocycles. The fourth-order valence-corrected chi connectivity index (χ4v) is 8.44. The lowest BCUT2D eigenvalue weighted by Crippen LogP contribution is -2.01. The molecule has 2 heterocycles. The van der Waals surface area contributed by atoms with Gasteiger partial charge in [-0.05, 0) is 106 Å². The van der Waals surface area contributed by atoms with Gasteiger partial charge in [-0.3, -0.25) is 0 Å². The third-order valence-electron chi connectivity index (χ3n) is 11.1. The predicted octanol–water partition coefficient (Wildman–Crippen LogP) is 12.4. The summed E-state index contributed by atoms with van der Waals surface area (Å²) in [4.78, 5) is 0. The summed E-state index contributed by atoms with van der Waals surface area (Å²) in [7, 11) is 0. The topological polar surface area (TPSA) is 105 Å². The van der Waals surface area contributed by atoms with Gasteiger partial charge in [0.05, 0.1) is 55.7 Å². The van der Waals surface area contributed by atoms with Crippen LogP contribution >= 0.6 is 0 Å². The van der Waals surface area contributed by atoms with Crippen LogP contribution in [0.15, 0.2) is 170 Å². The largest absolute Gasteiger partial charge is 0.307 e. The van der Waals surface area contributed by atoms with E-state index in [1.807, 2.05) is 45.5 Å². The highest BCUT2D eigenvalue weighted by atomic mass is 15.0. The van der Waals surface area contributed by atoms with Crippen LogP contribution in [0.25, 0.3) is 88.4 Å². The van der Waals surface area contributed by atoms with Crippen molar-refractivity contribution in [1.82, 2.24) is 9.13 Å². The Balaban J connectivity index is 1.25. The zero-order valence-electron chi connectivity index (χ0n) is 30.8. The summed E-state index contributed by atoms with van der Waals surface area (Å²) >= 11 is 0. The maximum absolute atomic E-state index is 10.2. The highest BCUT2D eigenvalue weighted by molar-refractivity contribution is 6.14. The molecule has 6 nitrogen and oxygen atoms in total. The summed E-state index contributed by atoms with van der Waals surface area (Å²) in [6.07, 6.45) is 0. The SMILES string of the molecule is N#Cc1cccc(C#N)c1-n1c2ccc(-c3ccccc3)cc2c2cc(-c3ccc4c(c3)c3cc(-c5ccccc5)ccc3n4-c3c(C#N)cccc3C#N)ccc21. The Morgan fingerprint density at radius 1 is 0.276 bits per heavy atom. The first-order valence-electron chi connectivity index (χ1n) is 18.7. The van der Waals surface area contributed by atoms with E-state index in [4.69, 9.17) is 0 Å². The van der Waals surface area contributed by atoms with Gasteiger partial charge < -0.3 is 9.13 Å². The molecule has 10 rings (SSSR count). The number of hydrogen-bond donors (Lipinski definition) is 0. The molecule has 0 fully saturated rings. The van der Waals surface area contributed by atoms with Crippen LogP contribution in [0.1, 0.15) is 22.3 Å². The van der Waals surface area contributed by atoms with Gasteiger partial charge in [-0.1, -0.05) is 97.1 Å². The minimum Gasteiger partial charge on any atom is -0.307 e. The minimum atomic E-state index is 0.420. The van der Waals surface area contributed by atoms with E-state index in [0.29, 0.717) is 33.6 Å². The molecule has 6 heteroatoms. The van der Waals surface area contributed by atoms with Crippen molar-refractivity contribution in [2.45, 2.75) is 0 Å². The van der Waals surface area contributed by atoms with Crippen LogP contribution in [0.2, 0.25) is 0 Å². The van der Waals surface area contributed by atoms with Gasteiger partial charge in [-0.2, -0.15) is 21.0 Å². The van der Waals surface area contributed by atoms with Gasteiger partial charge in [0.2, 0.25) is 0 Å². The first-order chi connectivity index (χ1) is 28.6. The van der Waals surface area contributed by atoms with Crippen molar-refractivity contribution in [3.63, 3.8) is 0 Å².